The van der Waals surface area contributed by atoms with Crippen LogP contribution in [-0.4, -0.2) is 31.2 Å². The molecule has 1 atom stereocenters. The number of benzene rings is 1. The lowest BCUT2D eigenvalue weighted by atomic mass is 9.95. The van der Waals surface area contributed by atoms with Gasteiger partial charge in [-0.15, -0.1) is 11.3 Å². The van der Waals surface area contributed by atoms with Gasteiger partial charge in [0.2, 0.25) is 0 Å². The van der Waals surface area contributed by atoms with E-state index in [1.807, 2.05) is 61.5 Å². The summed E-state index contributed by atoms with van der Waals surface area (Å²) in [6, 6.07) is 11.2. The van der Waals surface area contributed by atoms with Crippen LogP contribution in [0.4, 0.5) is 5.69 Å². The van der Waals surface area contributed by atoms with Gasteiger partial charge < -0.3 is 9.64 Å². The van der Waals surface area contributed by atoms with E-state index in [1.165, 1.54) is 11.3 Å². The van der Waals surface area contributed by atoms with Gasteiger partial charge in [-0.1, -0.05) is 23.5 Å². The Morgan fingerprint density at radius 1 is 1.22 bits per heavy atom. The molecule has 2 aromatic heterocycles. The quantitative estimate of drug-likeness (QED) is 0.471. The molecule has 0 spiro atoms. The molecule has 166 valence electrons. The molecule has 0 amide bonds. The number of thiazole rings is 1. The van der Waals surface area contributed by atoms with Gasteiger partial charge in [-0.3, -0.25) is 9.36 Å². The van der Waals surface area contributed by atoms with Gasteiger partial charge in [-0.25, -0.2) is 9.79 Å². The zero-order chi connectivity index (χ0) is 23.0. The monoisotopic (exact) mass is 531 g/mol. The van der Waals surface area contributed by atoms with Crippen molar-refractivity contribution in [3.63, 3.8) is 0 Å². The van der Waals surface area contributed by atoms with Crippen LogP contribution < -0.4 is 19.8 Å². The summed E-state index contributed by atoms with van der Waals surface area (Å²) in [6.07, 6.45) is 1.87. The van der Waals surface area contributed by atoms with E-state index in [9.17, 15) is 9.59 Å². The molecule has 0 bridgehead atoms. The molecule has 1 aliphatic rings. The number of hydrogen-bond acceptors (Lipinski definition) is 7. The van der Waals surface area contributed by atoms with Gasteiger partial charge in [0.15, 0.2) is 4.80 Å². The van der Waals surface area contributed by atoms with Crippen molar-refractivity contribution in [2.45, 2.75) is 19.9 Å². The van der Waals surface area contributed by atoms with E-state index in [0.717, 1.165) is 19.9 Å². The highest BCUT2D eigenvalue weighted by Crippen LogP contribution is 2.31. The first-order chi connectivity index (χ1) is 15.3. The van der Waals surface area contributed by atoms with E-state index >= 15 is 0 Å². The summed E-state index contributed by atoms with van der Waals surface area (Å²) in [4.78, 5) is 34.6. The number of allylic oxidation sites excluding steroid dienone is 1. The molecule has 3 aromatic rings. The minimum atomic E-state index is -0.598. The van der Waals surface area contributed by atoms with Crippen LogP contribution in [0.15, 0.2) is 61.2 Å². The highest BCUT2D eigenvalue weighted by molar-refractivity contribution is 9.11. The number of rotatable bonds is 5. The van der Waals surface area contributed by atoms with Crippen molar-refractivity contribution in [2.75, 3.05) is 25.6 Å². The van der Waals surface area contributed by atoms with Crippen LogP contribution in [0.25, 0.3) is 6.08 Å². The molecule has 0 radical (unpaired) electrons. The molecule has 9 heteroatoms. The standard InChI is InChI=1S/C23H22BrN3O3S2/c1-5-30-22(29)19-13(2)25-23-27(20(19)14-6-8-15(9-7-14)26(3)4)21(28)17(32-23)12-16-10-11-18(24)31-16/h6-12,20H,5H2,1-4H3/b17-12+/t20-/m0/s1. The Morgan fingerprint density at radius 2 is 1.94 bits per heavy atom. The summed E-state index contributed by atoms with van der Waals surface area (Å²) < 4.78 is 8.52. The number of esters is 1. The zero-order valence-corrected chi connectivity index (χ0v) is 21.3. The molecule has 0 unspecified atom stereocenters. The highest BCUT2D eigenvalue weighted by atomic mass is 79.9. The fraction of sp³-hybridized carbons (Fsp3) is 0.261. The molecule has 0 saturated heterocycles. The molecule has 0 N–H and O–H groups in total. The maximum Gasteiger partial charge on any atom is 0.338 e. The first-order valence-corrected chi connectivity index (χ1v) is 12.4. The van der Waals surface area contributed by atoms with E-state index < -0.39 is 12.0 Å². The molecule has 4 rings (SSSR count). The number of ether oxygens (including phenoxy) is 1. The summed E-state index contributed by atoms with van der Waals surface area (Å²) in [6.45, 7) is 3.81. The Labute approximate surface area is 201 Å². The average Bonchev–Trinajstić information content (AvgIpc) is 3.30. The summed E-state index contributed by atoms with van der Waals surface area (Å²) in [5, 5.41) is 0. The number of anilines is 1. The predicted molar refractivity (Wildman–Crippen MR) is 133 cm³/mol. The largest absolute Gasteiger partial charge is 0.463 e. The Bertz CT molecular complexity index is 1380. The molecule has 32 heavy (non-hydrogen) atoms. The number of nitrogens with zero attached hydrogens (tertiary/aromatic N) is 3. The van der Waals surface area contributed by atoms with Gasteiger partial charge in [0.05, 0.1) is 32.2 Å². The van der Waals surface area contributed by atoms with Gasteiger partial charge in [-0.2, -0.15) is 0 Å². The molecule has 6 nitrogen and oxygen atoms in total. The van der Waals surface area contributed by atoms with Gasteiger partial charge in [-0.05, 0) is 65.7 Å². The maximum atomic E-state index is 13.5. The van der Waals surface area contributed by atoms with E-state index in [4.69, 9.17) is 4.74 Å². The van der Waals surface area contributed by atoms with Crippen LogP contribution in [0.3, 0.4) is 0 Å². The second-order valence-electron chi connectivity index (χ2n) is 7.43. The fourth-order valence-electron chi connectivity index (χ4n) is 3.60. The summed E-state index contributed by atoms with van der Waals surface area (Å²) >= 11 is 6.34. The second kappa shape index (κ2) is 9.17. The number of thiophene rings is 1. The second-order valence-corrected chi connectivity index (χ2v) is 10.9. The topological polar surface area (TPSA) is 63.9 Å². The molecule has 0 saturated carbocycles. The minimum Gasteiger partial charge on any atom is -0.463 e. The number of carbonyl (C=O) groups excluding carboxylic acids is 1. The third-order valence-electron chi connectivity index (χ3n) is 5.11. The van der Waals surface area contributed by atoms with Crippen LogP contribution in [0.5, 0.6) is 0 Å². The summed E-state index contributed by atoms with van der Waals surface area (Å²) in [5.41, 5.74) is 2.65. The molecule has 0 fully saturated rings. The number of halogens is 1. The predicted octanol–water partition coefficient (Wildman–Crippen LogP) is 3.69. The van der Waals surface area contributed by atoms with Crippen LogP contribution in [-0.2, 0) is 9.53 Å². The summed E-state index contributed by atoms with van der Waals surface area (Å²) in [5.74, 6) is -0.452. The minimum absolute atomic E-state index is 0.172. The first-order valence-electron chi connectivity index (χ1n) is 10.0. The van der Waals surface area contributed by atoms with E-state index in [0.29, 0.717) is 20.6 Å². The van der Waals surface area contributed by atoms with Gasteiger partial charge in [0.25, 0.3) is 5.56 Å². The van der Waals surface area contributed by atoms with E-state index in [1.54, 1.807) is 29.8 Å². The smallest absolute Gasteiger partial charge is 0.338 e. The normalized spacial score (nSPS) is 16.0. The van der Waals surface area contributed by atoms with Crippen molar-refractivity contribution >= 4 is 56.3 Å². The summed E-state index contributed by atoms with van der Waals surface area (Å²) in [7, 11) is 3.93. The number of aromatic nitrogens is 1. The Morgan fingerprint density at radius 3 is 2.53 bits per heavy atom. The fourth-order valence-corrected chi connectivity index (χ4v) is 6.08. The number of carbonyl (C=O) groups is 1. The highest BCUT2D eigenvalue weighted by Gasteiger charge is 2.33. The lowest BCUT2D eigenvalue weighted by Gasteiger charge is -2.25. The SMILES string of the molecule is CCOC(=O)C1=C(C)N=c2s/c(=C/c3ccc(Br)s3)c(=O)n2[C@H]1c1ccc(N(C)C)cc1. The van der Waals surface area contributed by atoms with Gasteiger partial charge in [0, 0.05) is 24.7 Å². The molecule has 1 aromatic carbocycles. The van der Waals surface area contributed by atoms with E-state index in [-0.39, 0.29) is 12.2 Å². The van der Waals surface area contributed by atoms with Gasteiger partial charge in [0.1, 0.15) is 0 Å². The maximum absolute atomic E-state index is 13.5. The van der Waals surface area contributed by atoms with Crippen molar-refractivity contribution < 1.29 is 9.53 Å². The van der Waals surface area contributed by atoms with Gasteiger partial charge >= 0.3 is 5.97 Å². The average molecular weight is 532 g/mol. The Kier molecular flexibility index (Phi) is 6.50. The van der Waals surface area contributed by atoms with Crippen molar-refractivity contribution in [1.82, 2.24) is 4.57 Å². The molecule has 3 heterocycles. The van der Waals surface area contributed by atoms with Crippen molar-refractivity contribution in [3.05, 3.63) is 81.6 Å². The molecule has 1 aliphatic heterocycles. The lowest BCUT2D eigenvalue weighted by molar-refractivity contribution is -0.139. The molecular weight excluding hydrogens is 510 g/mol. The zero-order valence-electron chi connectivity index (χ0n) is 18.1. The van der Waals surface area contributed by atoms with Crippen LogP contribution >= 0.6 is 38.6 Å². The Balaban J connectivity index is 1.93. The third kappa shape index (κ3) is 4.24. The number of fused-ring (bicyclic) bond motifs is 1. The Hall–Kier alpha value is -2.49. The molecular formula is C23H22BrN3O3S2. The third-order valence-corrected chi connectivity index (χ3v) is 7.66. The van der Waals surface area contributed by atoms with Crippen molar-refractivity contribution in [2.24, 2.45) is 4.99 Å². The van der Waals surface area contributed by atoms with Crippen LogP contribution in [0.2, 0.25) is 0 Å². The van der Waals surface area contributed by atoms with Crippen molar-refractivity contribution in [3.8, 4) is 0 Å². The molecule has 0 aliphatic carbocycles. The van der Waals surface area contributed by atoms with Crippen LogP contribution in [0, 0.1) is 0 Å². The number of hydrogen-bond donors (Lipinski definition) is 0. The lowest BCUT2D eigenvalue weighted by Crippen LogP contribution is -2.39. The van der Waals surface area contributed by atoms with Crippen LogP contribution in [0.1, 0.15) is 30.3 Å². The van der Waals surface area contributed by atoms with E-state index in [2.05, 4.69) is 20.9 Å². The first kappa shape index (κ1) is 22.7. The van der Waals surface area contributed by atoms with Crippen molar-refractivity contribution in [1.29, 1.82) is 0 Å².